The summed E-state index contributed by atoms with van der Waals surface area (Å²) in [5, 5.41) is 3.35. The van der Waals surface area contributed by atoms with Crippen molar-refractivity contribution in [3.63, 3.8) is 0 Å². The highest BCUT2D eigenvalue weighted by atomic mass is 16.2. The molecule has 0 aromatic carbocycles. The van der Waals surface area contributed by atoms with E-state index in [1.165, 1.54) is 0 Å². The maximum Gasteiger partial charge on any atom is 0.219 e. The van der Waals surface area contributed by atoms with Crippen LogP contribution >= 0.6 is 0 Å². The molecule has 0 saturated carbocycles. The fourth-order valence-electron chi connectivity index (χ4n) is 1.79. The van der Waals surface area contributed by atoms with Crippen LogP contribution in [0.2, 0.25) is 0 Å². The maximum absolute atomic E-state index is 11.3. The second-order valence-electron chi connectivity index (χ2n) is 4.60. The van der Waals surface area contributed by atoms with E-state index < -0.39 is 0 Å². The van der Waals surface area contributed by atoms with Crippen LogP contribution in [0.5, 0.6) is 0 Å². The molecule has 108 valence electrons. The molecule has 0 unspecified atom stereocenters. The number of nitrogens with one attached hydrogen (secondary N) is 1. The Morgan fingerprint density at radius 1 is 0.944 bits per heavy atom. The SMILES string of the molecule is CC(=O)N(CCCN)CCCCCNCCCN. The van der Waals surface area contributed by atoms with Crippen molar-refractivity contribution in [3.8, 4) is 0 Å². The van der Waals surface area contributed by atoms with Crippen molar-refractivity contribution in [1.82, 2.24) is 10.2 Å². The minimum Gasteiger partial charge on any atom is -0.343 e. The van der Waals surface area contributed by atoms with Gasteiger partial charge in [-0.05, 0) is 51.9 Å². The van der Waals surface area contributed by atoms with Crippen molar-refractivity contribution in [2.24, 2.45) is 11.5 Å². The van der Waals surface area contributed by atoms with Crippen LogP contribution < -0.4 is 16.8 Å². The topological polar surface area (TPSA) is 84.4 Å². The van der Waals surface area contributed by atoms with Gasteiger partial charge in [-0.2, -0.15) is 0 Å². The summed E-state index contributed by atoms with van der Waals surface area (Å²) in [5.41, 5.74) is 10.9. The van der Waals surface area contributed by atoms with Crippen LogP contribution in [0.25, 0.3) is 0 Å². The van der Waals surface area contributed by atoms with Crippen LogP contribution in [0.15, 0.2) is 0 Å². The van der Waals surface area contributed by atoms with Gasteiger partial charge in [0.1, 0.15) is 0 Å². The number of hydrogen-bond donors (Lipinski definition) is 3. The summed E-state index contributed by atoms with van der Waals surface area (Å²) in [4.78, 5) is 13.2. The first-order chi connectivity index (χ1) is 8.72. The monoisotopic (exact) mass is 258 g/mol. The lowest BCUT2D eigenvalue weighted by Gasteiger charge is -2.20. The molecule has 0 spiro atoms. The highest BCUT2D eigenvalue weighted by molar-refractivity contribution is 5.73. The van der Waals surface area contributed by atoms with E-state index in [9.17, 15) is 4.79 Å². The van der Waals surface area contributed by atoms with Crippen LogP contribution in [0.1, 0.15) is 39.0 Å². The van der Waals surface area contributed by atoms with E-state index in [0.29, 0.717) is 6.54 Å². The molecular formula is C13H30N4O. The molecule has 0 saturated heterocycles. The predicted molar refractivity (Wildman–Crippen MR) is 76.3 cm³/mol. The number of carbonyl (C=O) groups is 1. The maximum atomic E-state index is 11.3. The van der Waals surface area contributed by atoms with E-state index >= 15 is 0 Å². The van der Waals surface area contributed by atoms with Gasteiger partial charge >= 0.3 is 0 Å². The number of nitrogens with zero attached hydrogens (tertiary/aromatic N) is 1. The summed E-state index contributed by atoms with van der Waals surface area (Å²) in [6.45, 7) is 6.73. The van der Waals surface area contributed by atoms with Crippen LogP contribution in [0, 0.1) is 0 Å². The zero-order valence-corrected chi connectivity index (χ0v) is 11.8. The minimum absolute atomic E-state index is 0.157. The summed E-state index contributed by atoms with van der Waals surface area (Å²) in [6.07, 6.45) is 5.31. The highest BCUT2D eigenvalue weighted by Gasteiger charge is 2.06. The Balaban J connectivity index is 3.40. The molecule has 0 aliphatic heterocycles. The quantitative estimate of drug-likeness (QED) is 0.439. The van der Waals surface area contributed by atoms with Gasteiger partial charge in [0.15, 0.2) is 0 Å². The normalized spacial score (nSPS) is 10.6. The van der Waals surface area contributed by atoms with Gasteiger partial charge in [-0.25, -0.2) is 0 Å². The van der Waals surface area contributed by atoms with Crippen molar-refractivity contribution in [1.29, 1.82) is 0 Å². The van der Waals surface area contributed by atoms with Gasteiger partial charge in [0.25, 0.3) is 0 Å². The summed E-state index contributed by atoms with van der Waals surface area (Å²) >= 11 is 0. The lowest BCUT2D eigenvalue weighted by atomic mass is 10.2. The zero-order chi connectivity index (χ0) is 13.6. The lowest BCUT2D eigenvalue weighted by Crippen LogP contribution is -2.32. The second kappa shape index (κ2) is 12.8. The van der Waals surface area contributed by atoms with Crippen LogP contribution in [0.4, 0.5) is 0 Å². The van der Waals surface area contributed by atoms with Crippen LogP contribution in [-0.2, 0) is 4.79 Å². The zero-order valence-electron chi connectivity index (χ0n) is 11.8. The van der Waals surface area contributed by atoms with E-state index in [4.69, 9.17) is 11.5 Å². The van der Waals surface area contributed by atoms with Gasteiger partial charge in [-0.1, -0.05) is 6.42 Å². The van der Waals surface area contributed by atoms with Gasteiger partial charge in [0.05, 0.1) is 0 Å². The molecule has 18 heavy (non-hydrogen) atoms. The summed E-state index contributed by atoms with van der Waals surface area (Å²) in [5.74, 6) is 0.157. The molecule has 0 radical (unpaired) electrons. The Hall–Kier alpha value is -0.650. The first-order valence-corrected chi connectivity index (χ1v) is 7.08. The fraction of sp³-hybridized carbons (Fsp3) is 0.923. The van der Waals surface area contributed by atoms with E-state index in [-0.39, 0.29) is 5.91 Å². The number of nitrogens with two attached hydrogens (primary N) is 2. The first kappa shape index (κ1) is 17.4. The predicted octanol–water partition coefficient (Wildman–Crippen LogP) is 0.292. The van der Waals surface area contributed by atoms with E-state index in [1.807, 2.05) is 4.90 Å². The number of carbonyl (C=O) groups excluding carboxylic acids is 1. The molecule has 0 rings (SSSR count). The molecular weight excluding hydrogens is 228 g/mol. The molecule has 5 heteroatoms. The third-order valence-electron chi connectivity index (χ3n) is 2.92. The Kier molecular flexibility index (Phi) is 12.3. The molecule has 0 aliphatic rings. The molecule has 0 bridgehead atoms. The molecule has 1 amide bonds. The molecule has 0 aliphatic carbocycles. The highest BCUT2D eigenvalue weighted by Crippen LogP contribution is 2.00. The first-order valence-electron chi connectivity index (χ1n) is 7.08. The molecule has 0 fully saturated rings. The standard InChI is InChI=1S/C13H30N4O/c1-13(18)17(12-6-8-15)11-4-2-3-9-16-10-5-7-14/h16H,2-12,14-15H2,1H3. The molecule has 0 aromatic rings. The van der Waals surface area contributed by atoms with Gasteiger partial charge < -0.3 is 21.7 Å². The Bertz CT molecular complexity index is 199. The van der Waals surface area contributed by atoms with Crippen molar-refractivity contribution in [2.75, 3.05) is 39.3 Å². The van der Waals surface area contributed by atoms with Crippen molar-refractivity contribution < 1.29 is 4.79 Å². The van der Waals surface area contributed by atoms with Crippen molar-refractivity contribution in [2.45, 2.75) is 39.0 Å². The van der Waals surface area contributed by atoms with Crippen LogP contribution in [0.3, 0.4) is 0 Å². The van der Waals surface area contributed by atoms with Gasteiger partial charge in [0.2, 0.25) is 5.91 Å². The molecule has 0 heterocycles. The van der Waals surface area contributed by atoms with Gasteiger partial charge in [-0.15, -0.1) is 0 Å². The average molecular weight is 258 g/mol. The number of amides is 1. The second-order valence-corrected chi connectivity index (χ2v) is 4.60. The number of unbranched alkanes of at least 4 members (excludes halogenated alkanes) is 2. The summed E-state index contributed by atoms with van der Waals surface area (Å²) in [6, 6.07) is 0. The fourth-order valence-corrected chi connectivity index (χ4v) is 1.79. The number of rotatable bonds is 12. The summed E-state index contributed by atoms with van der Waals surface area (Å²) in [7, 11) is 0. The largest absolute Gasteiger partial charge is 0.343 e. The molecule has 5 nitrogen and oxygen atoms in total. The molecule has 0 aromatic heterocycles. The molecule has 5 N–H and O–H groups in total. The van der Waals surface area contributed by atoms with Gasteiger partial charge in [0, 0.05) is 20.0 Å². The van der Waals surface area contributed by atoms with Crippen molar-refractivity contribution in [3.05, 3.63) is 0 Å². The Labute approximate surface area is 111 Å². The van der Waals surface area contributed by atoms with E-state index in [0.717, 1.165) is 64.8 Å². The van der Waals surface area contributed by atoms with E-state index in [2.05, 4.69) is 5.32 Å². The summed E-state index contributed by atoms with van der Waals surface area (Å²) < 4.78 is 0. The van der Waals surface area contributed by atoms with Crippen LogP contribution in [-0.4, -0.2) is 50.1 Å². The van der Waals surface area contributed by atoms with Crippen molar-refractivity contribution >= 4 is 5.91 Å². The molecule has 0 atom stereocenters. The number of hydrogen-bond acceptors (Lipinski definition) is 4. The Morgan fingerprint density at radius 2 is 1.56 bits per heavy atom. The minimum atomic E-state index is 0.157. The lowest BCUT2D eigenvalue weighted by molar-refractivity contribution is -0.128. The Morgan fingerprint density at radius 3 is 2.17 bits per heavy atom. The smallest absolute Gasteiger partial charge is 0.219 e. The van der Waals surface area contributed by atoms with E-state index in [1.54, 1.807) is 6.92 Å². The third-order valence-corrected chi connectivity index (χ3v) is 2.92. The third kappa shape index (κ3) is 10.5. The average Bonchev–Trinajstić information content (AvgIpc) is 2.35. The van der Waals surface area contributed by atoms with Gasteiger partial charge in [-0.3, -0.25) is 4.79 Å².